The van der Waals surface area contributed by atoms with E-state index in [1.165, 1.54) is 13.1 Å². The smallest absolute Gasteiger partial charge is 0.267 e. The van der Waals surface area contributed by atoms with Crippen LogP contribution in [-0.4, -0.2) is 25.8 Å². The van der Waals surface area contributed by atoms with Crippen LogP contribution in [0.4, 0.5) is 17.1 Å². The van der Waals surface area contributed by atoms with Crippen LogP contribution in [0.5, 0.6) is 0 Å². The number of ketones is 1. The molecule has 0 aliphatic carbocycles. The van der Waals surface area contributed by atoms with E-state index in [0.717, 1.165) is 11.4 Å². The van der Waals surface area contributed by atoms with E-state index in [1.807, 2.05) is 49.3 Å². The lowest BCUT2D eigenvalue weighted by Crippen LogP contribution is -2.15. The van der Waals surface area contributed by atoms with Crippen molar-refractivity contribution in [1.29, 1.82) is 5.26 Å². The number of carbonyl (C=O) groups is 2. The lowest BCUT2D eigenvalue weighted by molar-refractivity contribution is -0.112. The number of nitriles is 1. The summed E-state index contributed by atoms with van der Waals surface area (Å²) in [5.41, 5.74) is 2.62. The molecule has 2 aromatic rings. The van der Waals surface area contributed by atoms with Crippen LogP contribution < -0.4 is 15.5 Å². The molecule has 0 atom stereocenters. The molecule has 0 bridgehead atoms. The van der Waals surface area contributed by atoms with Crippen molar-refractivity contribution in [3.8, 4) is 6.07 Å². The molecule has 0 aliphatic rings. The minimum atomic E-state index is -0.551. The predicted molar refractivity (Wildman–Crippen MR) is 103 cm³/mol. The SMILES string of the molecule is CC(=O)c1cccc(NC(=O)/C(C#N)=C\Nc2cccc(N(C)C)c2)c1. The zero-order valence-electron chi connectivity index (χ0n) is 14.9. The third-order valence-corrected chi connectivity index (χ3v) is 3.64. The number of benzene rings is 2. The Labute approximate surface area is 152 Å². The molecule has 0 unspecified atom stereocenters. The van der Waals surface area contributed by atoms with Crippen molar-refractivity contribution in [2.24, 2.45) is 0 Å². The number of Topliss-reactive ketones (excluding diaryl/α,β-unsaturated/α-hetero) is 1. The van der Waals surface area contributed by atoms with E-state index in [0.29, 0.717) is 11.3 Å². The molecule has 2 N–H and O–H groups in total. The molecule has 0 fully saturated rings. The van der Waals surface area contributed by atoms with Crippen LogP contribution in [0.25, 0.3) is 0 Å². The van der Waals surface area contributed by atoms with Gasteiger partial charge in [0.25, 0.3) is 5.91 Å². The van der Waals surface area contributed by atoms with E-state index in [1.54, 1.807) is 24.3 Å². The van der Waals surface area contributed by atoms with E-state index in [-0.39, 0.29) is 11.4 Å². The number of nitrogens with zero attached hydrogens (tertiary/aromatic N) is 2. The predicted octanol–water partition coefficient (Wildman–Crippen LogP) is 3.41. The number of anilines is 3. The number of hydrogen-bond donors (Lipinski definition) is 2. The number of nitrogens with one attached hydrogen (secondary N) is 2. The topological polar surface area (TPSA) is 85.2 Å². The molecule has 0 saturated heterocycles. The second-order valence-corrected chi connectivity index (χ2v) is 5.85. The van der Waals surface area contributed by atoms with Gasteiger partial charge in [-0.1, -0.05) is 18.2 Å². The molecule has 0 aliphatic heterocycles. The highest BCUT2D eigenvalue weighted by Crippen LogP contribution is 2.18. The summed E-state index contributed by atoms with van der Waals surface area (Å²) < 4.78 is 0. The van der Waals surface area contributed by atoms with Crippen molar-refractivity contribution in [2.75, 3.05) is 29.6 Å². The fraction of sp³-hybridized carbons (Fsp3) is 0.150. The molecule has 6 nitrogen and oxygen atoms in total. The summed E-state index contributed by atoms with van der Waals surface area (Å²) in [6.45, 7) is 1.45. The molecule has 1 amide bonds. The zero-order valence-corrected chi connectivity index (χ0v) is 14.9. The molecule has 6 heteroatoms. The number of carbonyl (C=O) groups excluding carboxylic acids is 2. The molecule has 26 heavy (non-hydrogen) atoms. The maximum absolute atomic E-state index is 12.3. The molecule has 2 rings (SSSR count). The average molecular weight is 348 g/mol. The fourth-order valence-corrected chi connectivity index (χ4v) is 2.19. The highest BCUT2D eigenvalue weighted by Gasteiger charge is 2.10. The summed E-state index contributed by atoms with van der Waals surface area (Å²) in [7, 11) is 3.86. The Balaban J connectivity index is 2.12. The van der Waals surface area contributed by atoms with Gasteiger partial charge in [0.15, 0.2) is 5.78 Å². The van der Waals surface area contributed by atoms with Crippen LogP contribution in [0.2, 0.25) is 0 Å². The first-order chi connectivity index (χ1) is 12.4. The van der Waals surface area contributed by atoms with Crippen LogP contribution in [0, 0.1) is 11.3 Å². The number of amides is 1. The standard InChI is InChI=1S/C20H20N4O2/c1-14(25)15-6-4-8-18(10-15)23-20(26)16(12-21)13-22-17-7-5-9-19(11-17)24(2)3/h4-11,13,22H,1-3H3,(H,23,26)/b16-13-. The van der Waals surface area contributed by atoms with Crippen LogP contribution in [0.1, 0.15) is 17.3 Å². The number of rotatable bonds is 6. The molecule has 0 aromatic heterocycles. The van der Waals surface area contributed by atoms with Crippen LogP contribution in [-0.2, 0) is 4.79 Å². The van der Waals surface area contributed by atoms with Gasteiger partial charge in [0.05, 0.1) is 0 Å². The second kappa shape index (κ2) is 8.49. The monoisotopic (exact) mass is 348 g/mol. The normalized spacial score (nSPS) is 10.6. The molecule has 0 heterocycles. The molecule has 0 spiro atoms. The largest absolute Gasteiger partial charge is 0.378 e. The zero-order chi connectivity index (χ0) is 19.1. The van der Waals surface area contributed by atoms with Gasteiger partial charge < -0.3 is 15.5 Å². The first-order valence-corrected chi connectivity index (χ1v) is 7.97. The minimum Gasteiger partial charge on any atom is -0.378 e. The van der Waals surface area contributed by atoms with Gasteiger partial charge in [-0.05, 0) is 37.3 Å². The number of hydrogen-bond acceptors (Lipinski definition) is 5. The van der Waals surface area contributed by atoms with Gasteiger partial charge in [0.2, 0.25) is 0 Å². The Morgan fingerprint density at radius 2 is 1.77 bits per heavy atom. The van der Waals surface area contributed by atoms with Crippen molar-refractivity contribution in [2.45, 2.75) is 6.92 Å². The first kappa shape index (κ1) is 18.7. The third-order valence-electron chi connectivity index (χ3n) is 3.64. The Morgan fingerprint density at radius 3 is 2.42 bits per heavy atom. The summed E-state index contributed by atoms with van der Waals surface area (Å²) in [4.78, 5) is 25.7. The van der Waals surface area contributed by atoms with Crippen LogP contribution in [0.3, 0.4) is 0 Å². The Morgan fingerprint density at radius 1 is 1.08 bits per heavy atom. The highest BCUT2D eigenvalue weighted by atomic mass is 16.1. The van der Waals surface area contributed by atoms with Gasteiger partial charge in [-0.2, -0.15) is 5.26 Å². The van der Waals surface area contributed by atoms with Crippen molar-refractivity contribution in [1.82, 2.24) is 0 Å². The van der Waals surface area contributed by atoms with Gasteiger partial charge in [-0.3, -0.25) is 9.59 Å². The summed E-state index contributed by atoms with van der Waals surface area (Å²) in [6, 6.07) is 16.0. The summed E-state index contributed by atoms with van der Waals surface area (Å²) in [5, 5.41) is 14.8. The van der Waals surface area contributed by atoms with Crippen molar-refractivity contribution in [3.05, 3.63) is 65.9 Å². The maximum Gasteiger partial charge on any atom is 0.267 e. The van der Waals surface area contributed by atoms with Gasteiger partial charge in [-0.15, -0.1) is 0 Å². The molecular weight excluding hydrogens is 328 g/mol. The van der Waals surface area contributed by atoms with E-state index in [2.05, 4.69) is 10.6 Å². The lowest BCUT2D eigenvalue weighted by atomic mass is 10.1. The van der Waals surface area contributed by atoms with Crippen LogP contribution in [0.15, 0.2) is 60.3 Å². The molecular formula is C20H20N4O2. The van der Waals surface area contributed by atoms with Crippen molar-refractivity contribution in [3.63, 3.8) is 0 Å². The summed E-state index contributed by atoms with van der Waals surface area (Å²) in [5.74, 6) is -0.649. The fourth-order valence-electron chi connectivity index (χ4n) is 2.19. The van der Waals surface area contributed by atoms with E-state index >= 15 is 0 Å². The minimum absolute atomic E-state index is 0.0755. The lowest BCUT2D eigenvalue weighted by Gasteiger charge is -2.13. The quantitative estimate of drug-likeness (QED) is 0.475. The first-order valence-electron chi connectivity index (χ1n) is 7.97. The van der Waals surface area contributed by atoms with Gasteiger partial charge >= 0.3 is 0 Å². The van der Waals surface area contributed by atoms with E-state index in [4.69, 9.17) is 0 Å². The second-order valence-electron chi connectivity index (χ2n) is 5.85. The third kappa shape index (κ3) is 4.95. The molecule has 132 valence electrons. The van der Waals surface area contributed by atoms with Gasteiger partial charge in [-0.25, -0.2) is 0 Å². The highest BCUT2D eigenvalue weighted by molar-refractivity contribution is 6.07. The maximum atomic E-state index is 12.3. The van der Waals surface area contributed by atoms with Gasteiger partial charge in [0.1, 0.15) is 11.6 Å². The molecule has 0 radical (unpaired) electrons. The summed E-state index contributed by atoms with van der Waals surface area (Å²) >= 11 is 0. The molecule has 0 saturated carbocycles. The Hall–Kier alpha value is -3.59. The van der Waals surface area contributed by atoms with E-state index < -0.39 is 5.91 Å². The summed E-state index contributed by atoms with van der Waals surface area (Å²) in [6.07, 6.45) is 1.36. The Kier molecular flexibility index (Phi) is 6.12. The average Bonchev–Trinajstić information content (AvgIpc) is 2.62. The molecule has 2 aromatic carbocycles. The van der Waals surface area contributed by atoms with E-state index in [9.17, 15) is 14.9 Å². The van der Waals surface area contributed by atoms with Crippen molar-refractivity contribution < 1.29 is 9.59 Å². The Bertz CT molecular complexity index is 895. The van der Waals surface area contributed by atoms with Crippen LogP contribution >= 0.6 is 0 Å². The van der Waals surface area contributed by atoms with Crippen molar-refractivity contribution >= 4 is 28.8 Å². The van der Waals surface area contributed by atoms with Gasteiger partial charge in [0, 0.05) is 42.9 Å².